The van der Waals surface area contributed by atoms with E-state index in [0.29, 0.717) is 6.61 Å². The normalized spacial score (nSPS) is 16.1. The fourth-order valence-corrected chi connectivity index (χ4v) is 5.46. The van der Waals surface area contributed by atoms with E-state index in [4.69, 9.17) is 4.74 Å². The van der Waals surface area contributed by atoms with Gasteiger partial charge in [0.1, 0.15) is 17.6 Å². The number of benzene rings is 3. The monoisotopic (exact) mass is 468 g/mol. The van der Waals surface area contributed by atoms with Crippen LogP contribution in [0, 0.1) is 5.82 Å². The van der Waals surface area contributed by atoms with Crippen molar-refractivity contribution in [2.24, 2.45) is 0 Å². The van der Waals surface area contributed by atoms with Crippen LogP contribution in [-0.2, 0) is 34.3 Å². The van der Waals surface area contributed by atoms with Gasteiger partial charge in [0, 0.05) is 13.1 Å². The number of carbonyl (C=O) groups is 1. The zero-order valence-electron chi connectivity index (χ0n) is 18.2. The van der Waals surface area contributed by atoms with Gasteiger partial charge in [-0.15, -0.1) is 0 Å². The minimum atomic E-state index is -4.02. The van der Waals surface area contributed by atoms with Crippen LogP contribution in [0.3, 0.4) is 0 Å². The summed E-state index contributed by atoms with van der Waals surface area (Å²) in [6, 6.07) is 18.6. The molecular formula is C25H25FN2O4S. The lowest BCUT2D eigenvalue weighted by Crippen LogP contribution is -2.52. The second kappa shape index (κ2) is 9.72. The first kappa shape index (κ1) is 22.9. The molecule has 1 atom stereocenters. The zero-order chi connectivity index (χ0) is 23.4. The Morgan fingerprint density at radius 3 is 2.36 bits per heavy atom. The third kappa shape index (κ3) is 5.07. The van der Waals surface area contributed by atoms with Gasteiger partial charge in [-0.2, -0.15) is 4.31 Å². The topological polar surface area (TPSA) is 75.7 Å². The standard InChI is InChI=1S/C25H25FN2O4S/c1-2-32-22-11-7-18(8-12-22)16-27-25(29)24-15-19-5-3-4-6-20(19)17-28(24)33(30,31)23-13-9-21(26)10-14-23/h3-14,24H,2,15-17H2,1H3,(H,27,29)/t24-/m0/s1. The second-order valence-electron chi connectivity index (χ2n) is 7.79. The molecule has 0 fully saturated rings. The molecule has 0 aliphatic carbocycles. The smallest absolute Gasteiger partial charge is 0.244 e. The molecule has 0 bridgehead atoms. The average molecular weight is 469 g/mol. The summed E-state index contributed by atoms with van der Waals surface area (Å²) in [5, 5.41) is 2.87. The molecule has 1 N–H and O–H groups in total. The number of nitrogens with zero attached hydrogens (tertiary/aromatic N) is 1. The highest BCUT2D eigenvalue weighted by Gasteiger charge is 2.39. The van der Waals surface area contributed by atoms with Crippen molar-refractivity contribution in [3.05, 3.63) is 95.3 Å². The van der Waals surface area contributed by atoms with Gasteiger partial charge < -0.3 is 10.1 Å². The fourth-order valence-electron chi connectivity index (χ4n) is 3.89. The van der Waals surface area contributed by atoms with E-state index >= 15 is 0 Å². The van der Waals surface area contributed by atoms with Crippen molar-refractivity contribution in [1.82, 2.24) is 9.62 Å². The number of nitrogens with one attached hydrogen (secondary N) is 1. The van der Waals surface area contributed by atoms with E-state index in [1.54, 1.807) is 0 Å². The Hall–Kier alpha value is -3.23. The minimum absolute atomic E-state index is 0.0485. The minimum Gasteiger partial charge on any atom is -0.494 e. The third-order valence-electron chi connectivity index (χ3n) is 5.63. The van der Waals surface area contributed by atoms with E-state index in [9.17, 15) is 17.6 Å². The van der Waals surface area contributed by atoms with Crippen LogP contribution in [0.1, 0.15) is 23.6 Å². The molecule has 0 saturated carbocycles. The SMILES string of the molecule is CCOc1ccc(CNC(=O)[C@@H]2Cc3ccccc3CN2S(=O)(=O)c2ccc(F)cc2)cc1. The van der Waals surface area contributed by atoms with E-state index in [0.717, 1.165) is 34.6 Å². The van der Waals surface area contributed by atoms with E-state index in [-0.39, 0.29) is 30.3 Å². The number of sulfonamides is 1. The highest BCUT2D eigenvalue weighted by Crippen LogP contribution is 2.29. The van der Waals surface area contributed by atoms with Crippen molar-refractivity contribution < 1.29 is 22.3 Å². The van der Waals surface area contributed by atoms with Gasteiger partial charge in [0.15, 0.2) is 0 Å². The predicted molar refractivity (Wildman–Crippen MR) is 123 cm³/mol. The Labute approximate surface area is 193 Å². The molecule has 8 heteroatoms. The molecule has 0 unspecified atom stereocenters. The van der Waals surface area contributed by atoms with Gasteiger partial charge in [-0.3, -0.25) is 4.79 Å². The number of halogens is 1. The first-order valence-electron chi connectivity index (χ1n) is 10.7. The summed E-state index contributed by atoms with van der Waals surface area (Å²) in [6.07, 6.45) is 0.256. The average Bonchev–Trinajstić information content (AvgIpc) is 2.83. The van der Waals surface area contributed by atoms with Crippen molar-refractivity contribution >= 4 is 15.9 Å². The molecule has 172 valence electrons. The van der Waals surface area contributed by atoms with Crippen molar-refractivity contribution in [1.29, 1.82) is 0 Å². The van der Waals surface area contributed by atoms with Crippen LogP contribution in [0.15, 0.2) is 77.7 Å². The van der Waals surface area contributed by atoms with Gasteiger partial charge in [0.05, 0.1) is 11.5 Å². The maximum atomic E-state index is 13.4. The summed E-state index contributed by atoms with van der Waals surface area (Å²) in [7, 11) is -4.02. The molecule has 6 nitrogen and oxygen atoms in total. The number of rotatable bonds is 7. The molecular weight excluding hydrogens is 443 g/mol. The maximum absolute atomic E-state index is 13.4. The van der Waals surface area contributed by atoms with Gasteiger partial charge in [-0.05, 0) is 66.4 Å². The van der Waals surface area contributed by atoms with Crippen molar-refractivity contribution in [2.75, 3.05) is 6.61 Å². The second-order valence-corrected chi connectivity index (χ2v) is 9.68. The quantitative estimate of drug-likeness (QED) is 0.574. The molecule has 0 radical (unpaired) electrons. The van der Waals surface area contributed by atoms with Crippen LogP contribution >= 0.6 is 0 Å². The molecule has 33 heavy (non-hydrogen) atoms. The van der Waals surface area contributed by atoms with Gasteiger partial charge >= 0.3 is 0 Å². The van der Waals surface area contributed by atoms with Crippen molar-refractivity contribution in [3.8, 4) is 5.75 Å². The Bertz CT molecular complexity index is 1230. The summed E-state index contributed by atoms with van der Waals surface area (Å²) >= 11 is 0. The number of hydrogen-bond donors (Lipinski definition) is 1. The third-order valence-corrected chi connectivity index (χ3v) is 7.50. The van der Waals surface area contributed by atoms with Gasteiger partial charge in [0.2, 0.25) is 15.9 Å². The summed E-state index contributed by atoms with van der Waals surface area (Å²) in [6.45, 7) is 2.80. The molecule has 1 amide bonds. The molecule has 4 rings (SSSR count). The fraction of sp³-hybridized carbons (Fsp3) is 0.240. The van der Waals surface area contributed by atoms with E-state index in [1.165, 1.54) is 16.4 Å². The Morgan fingerprint density at radius 1 is 1.03 bits per heavy atom. The summed E-state index contributed by atoms with van der Waals surface area (Å²) < 4.78 is 46.8. The summed E-state index contributed by atoms with van der Waals surface area (Å²) in [5.74, 6) is -0.167. The Kier molecular flexibility index (Phi) is 6.76. The molecule has 0 saturated heterocycles. The number of hydrogen-bond acceptors (Lipinski definition) is 4. The first-order chi connectivity index (χ1) is 15.9. The first-order valence-corrected chi connectivity index (χ1v) is 12.2. The van der Waals surface area contributed by atoms with E-state index in [1.807, 2.05) is 55.5 Å². The maximum Gasteiger partial charge on any atom is 0.244 e. The lowest BCUT2D eigenvalue weighted by Gasteiger charge is -2.35. The highest BCUT2D eigenvalue weighted by molar-refractivity contribution is 7.89. The van der Waals surface area contributed by atoms with Crippen LogP contribution in [0.25, 0.3) is 0 Å². The number of fused-ring (bicyclic) bond motifs is 1. The lowest BCUT2D eigenvalue weighted by molar-refractivity contribution is -0.125. The molecule has 3 aromatic rings. The van der Waals surface area contributed by atoms with E-state index in [2.05, 4.69) is 5.32 Å². The Balaban J connectivity index is 1.57. The Morgan fingerprint density at radius 2 is 1.70 bits per heavy atom. The lowest BCUT2D eigenvalue weighted by atomic mass is 9.95. The number of ether oxygens (including phenoxy) is 1. The molecule has 1 aliphatic heterocycles. The van der Waals surface area contributed by atoms with Gasteiger partial charge in [-0.1, -0.05) is 36.4 Å². The summed E-state index contributed by atoms with van der Waals surface area (Å²) in [4.78, 5) is 13.1. The van der Waals surface area contributed by atoms with Gasteiger partial charge in [0.25, 0.3) is 0 Å². The van der Waals surface area contributed by atoms with Crippen LogP contribution in [0.4, 0.5) is 4.39 Å². The van der Waals surface area contributed by atoms with Crippen LogP contribution in [-0.4, -0.2) is 31.3 Å². The molecule has 1 aliphatic rings. The number of amides is 1. The predicted octanol–water partition coefficient (Wildman–Crippen LogP) is 3.66. The van der Waals surface area contributed by atoms with Crippen LogP contribution in [0.2, 0.25) is 0 Å². The molecule has 3 aromatic carbocycles. The number of carbonyl (C=O) groups excluding carboxylic acids is 1. The highest BCUT2D eigenvalue weighted by atomic mass is 32.2. The zero-order valence-corrected chi connectivity index (χ0v) is 19.0. The molecule has 0 aromatic heterocycles. The summed E-state index contributed by atoms with van der Waals surface area (Å²) in [5.41, 5.74) is 2.65. The largest absolute Gasteiger partial charge is 0.494 e. The van der Waals surface area contributed by atoms with Crippen molar-refractivity contribution in [3.63, 3.8) is 0 Å². The molecule has 1 heterocycles. The molecule has 0 spiro atoms. The van der Waals surface area contributed by atoms with Crippen molar-refractivity contribution in [2.45, 2.75) is 37.4 Å². The van der Waals surface area contributed by atoms with E-state index < -0.39 is 21.9 Å². The van der Waals surface area contributed by atoms with Gasteiger partial charge in [-0.25, -0.2) is 12.8 Å². The van der Waals surface area contributed by atoms with Crippen LogP contribution in [0.5, 0.6) is 5.75 Å². The van der Waals surface area contributed by atoms with Crippen LogP contribution < -0.4 is 10.1 Å².